The molecule has 6 nitrogen and oxygen atoms in total. The van der Waals surface area contributed by atoms with Gasteiger partial charge in [-0.1, -0.05) is 17.7 Å². The van der Waals surface area contributed by atoms with Crippen LogP contribution in [-0.4, -0.2) is 14.5 Å². The van der Waals surface area contributed by atoms with Crippen LogP contribution in [0.4, 0.5) is 5.69 Å². The van der Waals surface area contributed by atoms with Crippen LogP contribution < -0.4 is 5.56 Å². The number of halogens is 1. The number of fused-ring (bicyclic) bond motifs is 2. The van der Waals surface area contributed by atoms with Crippen LogP contribution in [0.3, 0.4) is 0 Å². The van der Waals surface area contributed by atoms with Crippen LogP contribution in [0, 0.1) is 24.0 Å². The zero-order valence-electron chi connectivity index (χ0n) is 14.1. The Bertz CT molecular complexity index is 1180. The lowest BCUT2D eigenvalue weighted by molar-refractivity contribution is -0.384. The number of hydrogen-bond acceptors (Lipinski definition) is 5. The zero-order valence-corrected chi connectivity index (χ0v) is 15.6. The number of benzene rings is 1. The summed E-state index contributed by atoms with van der Waals surface area (Å²) in [7, 11) is 0. The van der Waals surface area contributed by atoms with Crippen molar-refractivity contribution >= 4 is 50.5 Å². The van der Waals surface area contributed by atoms with Crippen molar-refractivity contribution in [2.75, 3.05) is 0 Å². The Balaban J connectivity index is 1.87. The highest BCUT2D eigenvalue weighted by atomic mass is 35.5. The number of nitrogens with zero attached hydrogens (tertiary/aromatic N) is 3. The molecule has 3 aromatic rings. The summed E-state index contributed by atoms with van der Waals surface area (Å²) in [5, 5.41) is 11.9. The second kappa shape index (κ2) is 6.03. The van der Waals surface area contributed by atoms with Crippen molar-refractivity contribution < 1.29 is 4.92 Å². The van der Waals surface area contributed by atoms with Gasteiger partial charge < -0.3 is 0 Å². The predicted octanol–water partition coefficient (Wildman–Crippen LogP) is 4.58. The number of hydrogen-bond donors (Lipinski definition) is 0. The van der Waals surface area contributed by atoms with Gasteiger partial charge in [-0.25, -0.2) is 4.98 Å². The first-order valence-electron chi connectivity index (χ1n) is 8.02. The van der Waals surface area contributed by atoms with Crippen LogP contribution in [-0.2, 0) is 6.54 Å². The molecule has 8 heteroatoms. The minimum atomic E-state index is -0.504. The lowest BCUT2D eigenvalue weighted by atomic mass is 10.1. The number of aryl methyl sites for hydroxylation is 2. The Morgan fingerprint density at radius 2 is 2.15 bits per heavy atom. The molecule has 2 aromatic heterocycles. The highest BCUT2D eigenvalue weighted by molar-refractivity contribution is 7.18. The number of aromatic nitrogens is 2. The Kier molecular flexibility index (Phi) is 3.93. The molecule has 0 radical (unpaired) electrons. The van der Waals surface area contributed by atoms with E-state index in [0.29, 0.717) is 29.7 Å². The zero-order chi connectivity index (χ0) is 18.6. The molecule has 0 unspecified atom stereocenters. The van der Waals surface area contributed by atoms with Gasteiger partial charge in [-0.15, -0.1) is 11.3 Å². The Morgan fingerprint density at radius 3 is 2.88 bits per heavy atom. The number of rotatable bonds is 2. The maximum atomic E-state index is 12.8. The Labute approximate surface area is 157 Å². The van der Waals surface area contributed by atoms with E-state index in [9.17, 15) is 14.9 Å². The van der Waals surface area contributed by atoms with Crippen LogP contribution >= 0.6 is 22.9 Å². The second-order valence-electron chi connectivity index (χ2n) is 6.24. The van der Waals surface area contributed by atoms with Crippen molar-refractivity contribution in [2.45, 2.75) is 26.8 Å². The molecule has 0 saturated carbocycles. The maximum Gasteiger partial charge on any atom is 0.288 e. The number of thiophene rings is 1. The largest absolute Gasteiger partial charge is 0.292 e. The highest BCUT2D eigenvalue weighted by Gasteiger charge is 2.23. The number of allylic oxidation sites excluding steroid dienone is 1. The first-order chi connectivity index (χ1) is 12.4. The van der Waals surface area contributed by atoms with Crippen LogP contribution in [0.15, 0.2) is 23.0 Å². The van der Waals surface area contributed by atoms with Crippen LogP contribution in [0.5, 0.6) is 0 Å². The lowest BCUT2D eigenvalue weighted by Gasteiger charge is -2.04. The van der Waals surface area contributed by atoms with Crippen LogP contribution in [0.1, 0.15) is 28.2 Å². The van der Waals surface area contributed by atoms with Crippen molar-refractivity contribution in [2.24, 2.45) is 0 Å². The average molecular weight is 388 g/mol. The molecule has 1 aromatic carbocycles. The molecule has 1 aliphatic rings. The number of nitro benzene ring substituents is 1. The number of nitro groups is 1. The molecule has 4 rings (SSSR count). The molecule has 3 heterocycles. The van der Waals surface area contributed by atoms with Crippen molar-refractivity contribution in [1.29, 1.82) is 0 Å². The monoisotopic (exact) mass is 387 g/mol. The van der Waals surface area contributed by atoms with Gasteiger partial charge >= 0.3 is 0 Å². The van der Waals surface area contributed by atoms with Crippen LogP contribution in [0.2, 0.25) is 5.02 Å². The highest BCUT2D eigenvalue weighted by Crippen LogP contribution is 2.33. The van der Waals surface area contributed by atoms with Crippen molar-refractivity contribution in [3.63, 3.8) is 0 Å². The average Bonchev–Trinajstić information content (AvgIpc) is 3.11. The molecule has 26 heavy (non-hydrogen) atoms. The Hall–Kier alpha value is -2.51. The van der Waals surface area contributed by atoms with E-state index in [1.54, 1.807) is 10.6 Å². The van der Waals surface area contributed by atoms with Gasteiger partial charge in [0.15, 0.2) is 0 Å². The Morgan fingerprint density at radius 1 is 1.38 bits per heavy atom. The van der Waals surface area contributed by atoms with E-state index in [2.05, 4.69) is 0 Å². The van der Waals surface area contributed by atoms with Gasteiger partial charge in [-0.05, 0) is 49.1 Å². The predicted molar refractivity (Wildman–Crippen MR) is 104 cm³/mol. The third-order valence-electron chi connectivity index (χ3n) is 4.69. The first-order valence-corrected chi connectivity index (χ1v) is 9.21. The van der Waals surface area contributed by atoms with Gasteiger partial charge in [0.1, 0.15) is 15.7 Å². The van der Waals surface area contributed by atoms with Gasteiger partial charge in [0.25, 0.3) is 11.2 Å². The molecule has 0 fully saturated rings. The summed E-state index contributed by atoms with van der Waals surface area (Å²) < 4.78 is 1.69. The van der Waals surface area contributed by atoms with E-state index in [4.69, 9.17) is 16.6 Å². The smallest absolute Gasteiger partial charge is 0.288 e. The van der Waals surface area contributed by atoms with Crippen molar-refractivity contribution in [3.05, 3.63) is 65.5 Å². The topological polar surface area (TPSA) is 78.0 Å². The minimum absolute atomic E-state index is 0.0164. The summed E-state index contributed by atoms with van der Waals surface area (Å²) in [4.78, 5) is 29.9. The molecule has 0 aliphatic carbocycles. The van der Waals surface area contributed by atoms with Gasteiger partial charge in [0.2, 0.25) is 0 Å². The summed E-state index contributed by atoms with van der Waals surface area (Å²) in [6.07, 6.45) is 2.50. The molecule has 0 bridgehead atoms. The normalized spacial score (nSPS) is 15.0. The molecular weight excluding hydrogens is 374 g/mol. The van der Waals surface area contributed by atoms with E-state index in [0.717, 1.165) is 20.8 Å². The fourth-order valence-corrected chi connectivity index (χ4v) is 4.43. The molecule has 0 saturated heterocycles. The van der Waals surface area contributed by atoms with Gasteiger partial charge in [0.05, 0.1) is 10.3 Å². The fraction of sp³-hybridized carbons (Fsp3) is 0.222. The molecule has 1 aliphatic heterocycles. The standard InChI is InChI=1S/C18H14ClN3O3S/c1-9-10(2)26-17-15(9)18(23)21-6-5-12(16(21)20-17)7-11-3-4-13(19)14(8-11)22(24)25/h3-4,7-8H,5-6H2,1-2H3/b12-7-. The summed E-state index contributed by atoms with van der Waals surface area (Å²) in [6, 6.07) is 4.67. The quantitative estimate of drug-likeness (QED) is 0.476. The lowest BCUT2D eigenvalue weighted by Crippen LogP contribution is -2.20. The third-order valence-corrected chi connectivity index (χ3v) is 6.11. The third kappa shape index (κ3) is 2.55. The fourth-order valence-electron chi connectivity index (χ4n) is 3.22. The van der Waals surface area contributed by atoms with Crippen molar-refractivity contribution in [1.82, 2.24) is 9.55 Å². The maximum absolute atomic E-state index is 12.8. The van der Waals surface area contributed by atoms with Gasteiger partial charge in [-0.2, -0.15) is 0 Å². The summed E-state index contributed by atoms with van der Waals surface area (Å²) >= 11 is 7.39. The van der Waals surface area contributed by atoms with Gasteiger partial charge in [0, 0.05) is 17.5 Å². The second-order valence-corrected chi connectivity index (χ2v) is 7.85. The van der Waals surface area contributed by atoms with E-state index in [1.165, 1.54) is 23.5 Å². The molecular formula is C18H14ClN3O3S. The summed E-state index contributed by atoms with van der Waals surface area (Å²) in [5.41, 5.74) is 2.40. The molecule has 132 valence electrons. The van der Waals surface area contributed by atoms with Gasteiger partial charge in [-0.3, -0.25) is 19.5 Å². The van der Waals surface area contributed by atoms with E-state index >= 15 is 0 Å². The molecule has 0 spiro atoms. The van der Waals surface area contributed by atoms with E-state index in [1.807, 2.05) is 19.9 Å². The van der Waals surface area contributed by atoms with Crippen LogP contribution in [0.25, 0.3) is 21.9 Å². The van der Waals surface area contributed by atoms with E-state index in [-0.39, 0.29) is 16.3 Å². The molecule has 0 atom stereocenters. The first kappa shape index (κ1) is 16.9. The summed E-state index contributed by atoms with van der Waals surface area (Å²) in [6.45, 7) is 4.50. The minimum Gasteiger partial charge on any atom is -0.292 e. The molecule has 0 N–H and O–H groups in total. The SMILES string of the molecule is Cc1sc2nc3n(c(=O)c2c1C)CC/C3=C/c1ccc(Cl)c([N+](=O)[O-])c1. The van der Waals surface area contributed by atoms with Crippen molar-refractivity contribution in [3.8, 4) is 0 Å². The van der Waals surface area contributed by atoms with E-state index < -0.39 is 4.92 Å². The summed E-state index contributed by atoms with van der Waals surface area (Å²) in [5.74, 6) is 0.640. The molecule has 0 amide bonds.